The highest BCUT2D eigenvalue weighted by Crippen LogP contribution is 2.29. The summed E-state index contributed by atoms with van der Waals surface area (Å²) in [6.07, 6.45) is 6.35. The first-order valence-corrected chi connectivity index (χ1v) is 3.15. The second-order valence-electron chi connectivity index (χ2n) is 2.46. The third kappa shape index (κ3) is 2.12. The molecule has 1 saturated carbocycles. The molecule has 0 aromatic carbocycles. The Morgan fingerprint density at radius 1 is 1.62 bits per heavy atom. The first-order chi connectivity index (χ1) is 3.79. The number of aliphatic hydroxyl groups is 1. The Balaban J connectivity index is 2.13. The van der Waals surface area contributed by atoms with Crippen LogP contribution in [0.1, 0.15) is 19.8 Å². The predicted molar refractivity (Wildman–Crippen MR) is 33.5 cm³/mol. The van der Waals surface area contributed by atoms with Crippen molar-refractivity contribution in [3.8, 4) is 0 Å². The minimum atomic E-state index is -0.254. The Kier molecular flexibility index (Phi) is 1.69. The van der Waals surface area contributed by atoms with E-state index in [4.69, 9.17) is 5.11 Å². The SMILES string of the molecule is CC(O)/C=C/C1CC1. The lowest BCUT2D eigenvalue weighted by molar-refractivity contribution is 0.243. The van der Waals surface area contributed by atoms with Crippen molar-refractivity contribution in [1.82, 2.24) is 0 Å². The molecule has 0 spiro atoms. The van der Waals surface area contributed by atoms with Crippen LogP contribution in [0.5, 0.6) is 0 Å². The molecule has 0 radical (unpaired) electrons. The van der Waals surface area contributed by atoms with Crippen molar-refractivity contribution in [1.29, 1.82) is 0 Å². The maximum absolute atomic E-state index is 8.74. The van der Waals surface area contributed by atoms with Crippen LogP contribution in [0.15, 0.2) is 12.2 Å². The quantitative estimate of drug-likeness (QED) is 0.534. The second kappa shape index (κ2) is 2.31. The molecule has 0 amide bonds. The van der Waals surface area contributed by atoms with Gasteiger partial charge in [0.15, 0.2) is 0 Å². The highest BCUT2D eigenvalue weighted by atomic mass is 16.3. The smallest absolute Gasteiger partial charge is 0.0692 e. The van der Waals surface area contributed by atoms with Gasteiger partial charge in [-0.3, -0.25) is 0 Å². The number of rotatable bonds is 2. The average molecular weight is 112 g/mol. The summed E-state index contributed by atoms with van der Waals surface area (Å²) in [4.78, 5) is 0. The fraction of sp³-hybridized carbons (Fsp3) is 0.714. The second-order valence-corrected chi connectivity index (χ2v) is 2.46. The van der Waals surface area contributed by atoms with E-state index in [0.29, 0.717) is 0 Å². The van der Waals surface area contributed by atoms with Gasteiger partial charge in [-0.2, -0.15) is 0 Å². The number of hydrogen-bond donors (Lipinski definition) is 1. The monoisotopic (exact) mass is 112 g/mol. The van der Waals surface area contributed by atoms with Gasteiger partial charge in [-0.1, -0.05) is 12.2 Å². The Labute approximate surface area is 50.0 Å². The molecule has 0 saturated heterocycles. The fourth-order valence-corrected chi connectivity index (χ4v) is 0.607. The lowest BCUT2D eigenvalue weighted by Crippen LogP contribution is -1.91. The van der Waals surface area contributed by atoms with E-state index in [1.165, 1.54) is 12.8 Å². The van der Waals surface area contributed by atoms with Gasteiger partial charge in [0.1, 0.15) is 0 Å². The van der Waals surface area contributed by atoms with Crippen molar-refractivity contribution in [2.24, 2.45) is 5.92 Å². The maximum Gasteiger partial charge on any atom is 0.0692 e. The molecule has 1 atom stereocenters. The van der Waals surface area contributed by atoms with Gasteiger partial charge in [0.25, 0.3) is 0 Å². The topological polar surface area (TPSA) is 20.2 Å². The lowest BCUT2D eigenvalue weighted by atomic mass is 10.3. The first-order valence-electron chi connectivity index (χ1n) is 3.15. The van der Waals surface area contributed by atoms with E-state index in [0.717, 1.165) is 5.92 Å². The van der Waals surface area contributed by atoms with E-state index in [1.54, 1.807) is 6.92 Å². The molecular formula is C7H12O. The summed E-state index contributed by atoms with van der Waals surface area (Å²) in [6.45, 7) is 1.78. The molecule has 1 N–H and O–H groups in total. The van der Waals surface area contributed by atoms with Crippen molar-refractivity contribution in [3.05, 3.63) is 12.2 Å². The average Bonchev–Trinajstić information content (AvgIpc) is 2.41. The van der Waals surface area contributed by atoms with Gasteiger partial charge in [0.05, 0.1) is 6.10 Å². The molecule has 0 heterocycles. The molecule has 0 aliphatic heterocycles. The van der Waals surface area contributed by atoms with Gasteiger partial charge >= 0.3 is 0 Å². The first kappa shape index (κ1) is 5.83. The van der Waals surface area contributed by atoms with Crippen LogP contribution in [0.25, 0.3) is 0 Å². The molecule has 1 aliphatic carbocycles. The maximum atomic E-state index is 8.74. The standard InChI is InChI=1S/C7H12O/c1-6(8)2-3-7-4-5-7/h2-3,6-8H,4-5H2,1H3/b3-2+. The lowest BCUT2D eigenvalue weighted by Gasteiger charge is -1.89. The summed E-state index contributed by atoms with van der Waals surface area (Å²) >= 11 is 0. The van der Waals surface area contributed by atoms with Crippen LogP contribution in [-0.4, -0.2) is 11.2 Å². The zero-order valence-corrected chi connectivity index (χ0v) is 5.17. The molecule has 1 rings (SSSR count). The zero-order chi connectivity index (χ0) is 5.98. The summed E-state index contributed by atoms with van der Waals surface area (Å²) in [5.74, 6) is 0.796. The number of allylic oxidation sites excluding steroid dienone is 1. The Morgan fingerprint density at radius 3 is 2.62 bits per heavy atom. The van der Waals surface area contributed by atoms with E-state index in [9.17, 15) is 0 Å². The van der Waals surface area contributed by atoms with Crippen LogP contribution >= 0.6 is 0 Å². The van der Waals surface area contributed by atoms with Gasteiger partial charge in [-0.25, -0.2) is 0 Å². The van der Waals surface area contributed by atoms with Crippen LogP contribution in [0.4, 0.5) is 0 Å². The molecular weight excluding hydrogens is 100 g/mol. The largest absolute Gasteiger partial charge is 0.389 e. The van der Waals surface area contributed by atoms with Crippen molar-refractivity contribution in [3.63, 3.8) is 0 Å². The van der Waals surface area contributed by atoms with E-state index >= 15 is 0 Å². The van der Waals surface area contributed by atoms with Gasteiger partial charge in [-0.05, 0) is 25.7 Å². The van der Waals surface area contributed by atoms with Gasteiger partial charge < -0.3 is 5.11 Å². The third-order valence-electron chi connectivity index (χ3n) is 1.28. The van der Waals surface area contributed by atoms with Crippen molar-refractivity contribution < 1.29 is 5.11 Å². The van der Waals surface area contributed by atoms with Crippen molar-refractivity contribution in [2.75, 3.05) is 0 Å². The van der Waals surface area contributed by atoms with Crippen LogP contribution < -0.4 is 0 Å². The molecule has 46 valence electrons. The molecule has 1 unspecified atom stereocenters. The van der Waals surface area contributed by atoms with E-state index < -0.39 is 0 Å². The highest BCUT2D eigenvalue weighted by molar-refractivity contribution is 4.97. The minimum absolute atomic E-state index is 0.254. The third-order valence-corrected chi connectivity index (χ3v) is 1.28. The molecule has 1 nitrogen and oxygen atoms in total. The Hall–Kier alpha value is -0.300. The number of aliphatic hydroxyl groups excluding tert-OH is 1. The zero-order valence-electron chi connectivity index (χ0n) is 5.17. The van der Waals surface area contributed by atoms with Gasteiger partial charge in [0, 0.05) is 0 Å². The van der Waals surface area contributed by atoms with Crippen molar-refractivity contribution in [2.45, 2.75) is 25.9 Å². The molecule has 0 aromatic heterocycles. The van der Waals surface area contributed by atoms with Gasteiger partial charge in [0.2, 0.25) is 0 Å². The summed E-state index contributed by atoms with van der Waals surface area (Å²) in [5, 5.41) is 8.74. The van der Waals surface area contributed by atoms with Crippen molar-refractivity contribution >= 4 is 0 Å². The van der Waals surface area contributed by atoms with Gasteiger partial charge in [-0.15, -0.1) is 0 Å². The predicted octanol–water partition coefficient (Wildman–Crippen LogP) is 1.33. The Morgan fingerprint density at radius 2 is 2.25 bits per heavy atom. The molecule has 0 bridgehead atoms. The van der Waals surface area contributed by atoms with Crippen LogP contribution in [0.2, 0.25) is 0 Å². The summed E-state index contributed by atoms with van der Waals surface area (Å²) in [6, 6.07) is 0. The minimum Gasteiger partial charge on any atom is -0.389 e. The summed E-state index contributed by atoms with van der Waals surface area (Å²) in [5.41, 5.74) is 0. The summed E-state index contributed by atoms with van der Waals surface area (Å²) < 4.78 is 0. The van der Waals surface area contributed by atoms with E-state index in [1.807, 2.05) is 6.08 Å². The van der Waals surface area contributed by atoms with Crippen LogP contribution in [-0.2, 0) is 0 Å². The normalized spacial score (nSPS) is 24.2. The molecule has 1 fully saturated rings. The van der Waals surface area contributed by atoms with E-state index in [-0.39, 0.29) is 6.10 Å². The summed E-state index contributed by atoms with van der Waals surface area (Å²) in [7, 11) is 0. The van der Waals surface area contributed by atoms with Crippen LogP contribution in [0.3, 0.4) is 0 Å². The van der Waals surface area contributed by atoms with Crippen LogP contribution in [0, 0.1) is 5.92 Å². The molecule has 8 heavy (non-hydrogen) atoms. The number of hydrogen-bond acceptors (Lipinski definition) is 1. The highest BCUT2D eigenvalue weighted by Gasteiger charge is 2.16. The molecule has 1 heteroatoms. The molecule has 1 aliphatic rings. The Bertz CT molecular complexity index is 86.6. The molecule has 0 aromatic rings. The fourth-order valence-electron chi connectivity index (χ4n) is 0.607. The van der Waals surface area contributed by atoms with E-state index in [2.05, 4.69) is 6.08 Å².